The average Bonchev–Trinajstić information content (AvgIpc) is 2.30. The van der Waals surface area contributed by atoms with Crippen molar-refractivity contribution in [2.75, 3.05) is 27.2 Å². The molecular weight excluding hydrogens is 236 g/mol. The normalized spacial score (nSPS) is 43.3. The molecule has 0 aliphatic heterocycles. The van der Waals surface area contributed by atoms with Crippen LogP contribution in [0.3, 0.4) is 0 Å². The van der Waals surface area contributed by atoms with Gasteiger partial charge in [-0.1, -0.05) is 13.8 Å². The van der Waals surface area contributed by atoms with Gasteiger partial charge in [-0.25, -0.2) is 0 Å². The molecular formula is C16H32N2O. The molecule has 0 radical (unpaired) electrons. The maximum atomic E-state index is 9.38. The Labute approximate surface area is 118 Å². The van der Waals surface area contributed by atoms with Gasteiger partial charge in [0.05, 0.1) is 6.10 Å². The zero-order valence-electron chi connectivity index (χ0n) is 13.1. The first-order valence-electron chi connectivity index (χ1n) is 8.03. The van der Waals surface area contributed by atoms with Crippen molar-refractivity contribution in [3.8, 4) is 0 Å². The predicted molar refractivity (Wildman–Crippen MR) is 80.1 cm³/mol. The molecule has 0 aromatic rings. The van der Waals surface area contributed by atoms with Crippen LogP contribution in [0.25, 0.3) is 0 Å². The Morgan fingerprint density at radius 2 is 1.79 bits per heavy atom. The lowest BCUT2D eigenvalue weighted by Crippen LogP contribution is -2.48. The van der Waals surface area contributed by atoms with Gasteiger partial charge in [-0.2, -0.15) is 0 Å². The zero-order valence-corrected chi connectivity index (χ0v) is 13.1. The largest absolute Gasteiger partial charge is 0.393 e. The maximum absolute atomic E-state index is 9.38. The second kappa shape index (κ2) is 6.55. The van der Waals surface area contributed by atoms with Crippen molar-refractivity contribution in [3.05, 3.63) is 0 Å². The molecule has 0 aromatic carbocycles. The van der Waals surface area contributed by atoms with E-state index in [0.717, 1.165) is 43.1 Å². The molecule has 3 heteroatoms. The monoisotopic (exact) mass is 268 g/mol. The van der Waals surface area contributed by atoms with E-state index in [1.165, 1.54) is 19.4 Å². The van der Waals surface area contributed by atoms with Crippen molar-refractivity contribution in [3.63, 3.8) is 0 Å². The van der Waals surface area contributed by atoms with Crippen LogP contribution in [-0.2, 0) is 0 Å². The summed E-state index contributed by atoms with van der Waals surface area (Å²) in [5, 5.41) is 12.9. The van der Waals surface area contributed by atoms with Crippen molar-refractivity contribution in [1.82, 2.24) is 10.2 Å². The third kappa shape index (κ3) is 3.93. The van der Waals surface area contributed by atoms with Crippen molar-refractivity contribution in [2.45, 2.75) is 51.7 Å². The highest BCUT2D eigenvalue weighted by Crippen LogP contribution is 2.35. The summed E-state index contributed by atoms with van der Waals surface area (Å²) in [4.78, 5) is 2.50. The van der Waals surface area contributed by atoms with E-state index in [1.807, 2.05) is 0 Å². The van der Waals surface area contributed by atoms with Crippen LogP contribution in [0.2, 0.25) is 0 Å². The summed E-state index contributed by atoms with van der Waals surface area (Å²) in [6.07, 6.45) is 4.70. The van der Waals surface area contributed by atoms with E-state index in [9.17, 15) is 5.11 Å². The maximum Gasteiger partial charge on any atom is 0.0546 e. The van der Waals surface area contributed by atoms with Gasteiger partial charge in [-0.3, -0.25) is 0 Å². The molecule has 2 fully saturated rings. The van der Waals surface area contributed by atoms with Gasteiger partial charge >= 0.3 is 0 Å². The minimum atomic E-state index is -0.0158. The fourth-order valence-electron chi connectivity index (χ4n) is 4.27. The van der Waals surface area contributed by atoms with Crippen LogP contribution in [0.5, 0.6) is 0 Å². The van der Waals surface area contributed by atoms with E-state index in [4.69, 9.17) is 0 Å². The fourth-order valence-corrected chi connectivity index (χ4v) is 4.27. The van der Waals surface area contributed by atoms with Gasteiger partial charge in [-0.15, -0.1) is 0 Å². The summed E-state index contributed by atoms with van der Waals surface area (Å²) < 4.78 is 0. The van der Waals surface area contributed by atoms with Crippen LogP contribution in [0, 0.1) is 23.7 Å². The smallest absolute Gasteiger partial charge is 0.0546 e. The molecule has 4 atom stereocenters. The van der Waals surface area contributed by atoms with Crippen LogP contribution >= 0.6 is 0 Å². The molecule has 0 bridgehead atoms. The summed E-state index contributed by atoms with van der Waals surface area (Å²) in [6, 6.07) is 0.674. The molecule has 19 heavy (non-hydrogen) atoms. The standard InChI is InChI=1S/C16H32N2O/c1-11-5-12(2)15(16(6-11)17-3)10-18(4)9-13-7-14(19)8-13/h11-17,19H,5-10H2,1-4H3. The van der Waals surface area contributed by atoms with E-state index in [-0.39, 0.29) is 6.10 Å². The second-order valence-corrected chi connectivity index (χ2v) is 7.33. The first-order chi connectivity index (χ1) is 8.99. The molecule has 4 unspecified atom stereocenters. The Kier molecular flexibility index (Phi) is 5.27. The highest BCUT2D eigenvalue weighted by atomic mass is 16.3. The summed E-state index contributed by atoms with van der Waals surface area (Å²) in [7, 11) is 4.37. The number of hydrogen-bond donors (Lipinski definition) is 2. The zero-order chi connectivity index (χ0) is 14.0. The molecule has 2 aliphatic carbocycles. The first-order valence-corrected chi connectivity index (χ1v) is 8.03. The molecule has 0 spiro atoms. The number of aliphatic hydroxyl groups is 1. The molecule has 112 valence electrons. The lowest BCUT2D eigenvalue weighted by atomic mass is 9.72. The Bertz CT molecular complexity index is 278. The van der Waals surface area contributed by atoms with Gasteiger partial charge < -0.3 is 15.3 Å². The van der Waals surface area contributed by atoms with Gasteiger partial charge in [0, 0.05) is 19.1 Å². The third-order valence-corrected chi connectivity index (χ3v) is 5.35. The molecule has 2 aliphatic rings. The van der Waals surface area contributed by atoms with Gasteiger partial charge in [0.2, 0.25) is 0 Å². The summed E-state index contributed by atoms with van der Waals surface area (Å²) in [6.45, 7) is 7.17. The van der Waals surface area contributed by atoms with Crippen molar-refractivity contribution in [1.29, 1.82) is 0 Å². The average molecular weight is 268 g/mol. The summed E-state index contributed by atoms with van der Waals surface area (Å²) >= 11 is 0. The SMILES string of the molecule is CNC1CC(C)CC(C)C1CN(C)CC1CC(O)C1. The number of hydrogen-bond acceptors (Lipinski definition) is 3. The molecule has 2 saturated carbocycles. The third-order valence-electron chi connectivity index (χ3n) is 5.35. The van der Waals surface area contributed by atoms with Crippen LogP contribution in [0.1, 0.15) is 39.5 Å². The molecule has 0 heterocycles. The van der Waals surface area contributed by atoms with Gasteiger partial charge in [0.15, 0.2) is 0 Å². The van der Waals surface area contributed by atoms with Gasteiger partial charge in [0.25, 0.3) is 0 Å². The number of aliphatic hydroxyl groups excluding tert-OH is 1. The highest BCUT2D eigenvalue weighted by Gasteiger charge is 2.34. The van der Waals surface area contributed by atoms with Crippen LogP contribution in [0.15, 0.2) is 0 Å². The highest BCUT2D eigenvalue weighted by molar-refractivity contribution is 4.89. The van der Waals surface area contributed by atoms with E-state index >= 15 is 0 Å². The summed E-state index contributed by atoms with van der Waals surface area (Å²) in [5.41, 5.74) is 0. The molecule has 2 N–H and O–H groups in total. The molecule has 0 aromatic heterocycles. The molecule has 0 saturated heterocycles. The van der Waals surface area contributed by atoms with Crippen molar-refractivity contribution < 1.29 is 5.11 Å². The van der Waals surface area contributed by atoms with E-state index < -0.39 is 0 Å². The second-order valence-electron chi connectivity index (χ2n) is 7.33. The molecule has 2 rings (SSSR count). The Balaban J connectivity index is 1.81. The number of rotatable bonds is 5. The number of nitrogens with one attached hydrogen (secondary N) is 1. The summed E-state index contributed by atoms with van der Waals surface area (Å²) in [5.74, 6) is 3.17. The van der Waals surface area contributed by atoms with Crippen LogP contribution in [0.4, 0.5) is 0 Å². The van der Waals surface area contributed by atoms with Crippen LogP contribution < -0.4 is 5.32 Å². The number of nitrogens with zero attached hydrogens (tertiary/aromatic N) is 1. The topological polar surface area (TPSA) is 35.5 Å². The van der Waals surface area contributed by atoms with Gasteiger partial charge in [-0.05, 0) is 63.5 Å². The molecule has 3 nitrogen and oxygen atoms in total. The predicted octanol–water partition coefficient (Wildman–Crippen LogP) is 1.96. The minimum Gasteiger partial charge on any atom is -0.393 e. The van der Waals surface area contributed by atoms with E-state index in [1.54, 1.807) is 0 Å². The lowest BCUT2D eigenvalue weighted by Gasteiger charge is -2.42. The van der Waals surface area contributed by atoms with Gasteiger partial charge in [0.1, 0.15) is 0 Å². The van der Waals surface area contributed by atoms with E-state index in [0.29, 0.717) is 6.04 Å². The van der Waals surface area contributed by atoms with Crippen molar-refractivity contribution >= 4 is 0 Å². The lowest BCUT2D eigenvalue weighted by molar-refractivity contribution is 0.0208. The Hall–Kier alpha value is -0.120. The first kappa shape index (κ1) is 15.3. The van der Waals surface area contributed by atoms with Crippen molar-refractivity contribution in [2.24, 2.45) is 23.7 Å². The quantitative estimate of drug-likeness (QED) is 0.800. The Morgan fingerprint density at radius 3 is 2.37 bits per heavy atom. The Morgan fingerprint density at radius 1 is 1.11 bits per heavy atom. The minimum absolute atomic E-state index is 0.0158. The van der Waals surface area contributed by atoms with Crippen LogP contribution in [-0.4, -0.2) is 49.3 Å². The van der Waals surface area contributed by atoms with E-state index in [2.05, 4.69) is 38.2 Å². The fraction of sp³-hybridized carbons (Fsp3) is 1.00. The molecule has 0 amide bonds.